The minimum atomic E-state index is -1.79. The van der Waals surface area contributed by atoms with Crippen LogP contribution in [-0.2, 0) is 70.4 Å². The van der Waals surface area contributed by atoms with Crippen LogP contribution >= 0.6 is 0 Å². The number of aliphatic hydroxyl groups excluding tert-OH is 1. The molecule has 1 aliphatic rings. The zero-order valence-electron chi connectivity index (χ0n) is 44.8. The Morgan fingerprint density at radius 2 is 1.15 bits per heavy atom. The summed E-state index contributed by atoms with van der Waals surface area (Å²) in [5, 5.41) is 38.7. The standard InChI is InChI=1S/C51H75N15O14/c1-27(2)20-33(46(76)60-31(16-10-18-57-51(55)56)45(75)61-32(42(54)72)21-29-12-6-4-7-13-29)62-47(77)34(22-30-14-8-5-9-15-30)63-48(78)35(23-39(53)68)64-49(79)38-17-11-19-66(38)50(80)36(24-41(70)71)59-40(69)25-58-44(74)37(26-67)65-43(73)28(3)52/h4-9,12-15,27-28,31-38,67H,10-11,16-26,52H2,1-3H3,(H2,53,68)(H2,54,72)(H,58,74)(H,59,69)(H,60,76)(H,61,75)(H,62,77)(H,63,78)(H,64,79)(H,65,73)(H,70,71)(H4,55,56,57)/t28-,31-,32-,33-,34-,35-,36-,37-,38-/m0/s1. The van der Waals surface area contributed by atoms with Crippen molar-refractivity contribution in [2.24, 2.45) is 39.6 Å². The zero-order chi connectivity index (χ0) is 59.6. The number of carboxylic acids is 1. The van der Waals surface area contributed by atoms with Crippen LogP contribution in [0.3, 0.4) is 0 Å². The summed E-state index contributed by atoms with van der Waals surface area (Å²) in [6, 6.07) is 4.23. The number of aliphatic carboxylic acids is 1. The number of nitrogens with two attached hydrogens (primary N) is 5. The molecule has 0 radical (unpaired) electrons. The van der Waals surface area contributed by atoms with Gasteiger partial charge in [0.05, 0.1) is 32.0 Å². The van der Waals surface area contributed by atoms with Crippen LogP contribution in [0.1, 0.15) is 76.8 Å². The summed E-state index contributed by atoms with van der Waals surface area (Å²) in [5.74, 6) is -12.4. The molecule has 0 saturated carbocycles. The lowest BCUT2D eigenvalue weighted by Gasteiger charge is -2.30. The van der Waals surface area contributed by atoms with Crippen LogP contribution in [0.25, 0.3) is 0 Å². The number of aliphatic hydroxyl groups is 1. The number of nitrogens with one attached hydrogen (secondary N) is 8. The van der Waals surface area contributed by atoms with Gasteiger partial charge in [0, 0.05) is 25.9 Å². The number of carbonyl (C=O) groups excluding carboxylic acids is 11. The highest BCUT2D eigenvalue weighted by Crippen LogP contribution is 2.20. The molecule has 1 aliphatic heterocycles. The monoisotopic (exact) mass is 1120 g/mol. The first-order chi connectivity index (χ1) is 37.8. The smallest absolute Gasteiger partial charge is 0.305 e. The number of primary amides is 2. The van der Waals surface area contributed by atoms with Crippen LogP contribution in [-0.4, -0.2) is 173 Å². The van der Waals surface area contributed by atoms with E-state index in [9.17, 15) is 67.7 Å². The Morgan fingerprint density at radius 3 is 1.69 bits per heavy atom. The number of amides is 11. The van der Waals surface area contributed by atoms with Crippen molar-refractivity contribution in [1.82, 2.24) is 47.4 Å². The van der Waals surface area contributed by atoms with Gasteiger partial charge in [-0.25, -0.2) is 0 Å². The van der Waals surface area contributed by atoms with Crippen molar-refractivity contribution in [2.75, 3.05) is 26.2 Å². The van der Waals surface area contributed by atoms with Crippen molar-refractivity contribution in [2.45, 2.75) is 133 Å². The van der Waals surface area contributed by atoms with E-state index >= 15 is 0 Å². The van der Waals surface area contributed by atoms with Crippen LogP contribution in [0.15, 0.2) is 65.7 Å². The molecule has 2 aromatic carbocycles. The fourth-order valence-corrected chi connectivity index (χ4v) is 8.29. The van der Waals surface area contributed by atoms with Crippen LogP contribution in [0.5, 0.6) is 0 Å². The third-order valence-electron chi connectivity index (χ3n) is 12.3. The van der Waals surface area contributed by atoms with Crippen molar-refractivity contribution in [3.05, 3.63) is 71.8 Å². The Labute approximate surface area is 461 Å². The molecule has 1 saturated heterocycles. The SMILES string of the molecule is CC(C)C[C@H](NC(=O)[C@H](Cc1ccccc1)NC(=O)[C@H](CC(N)=O)NC(=O)[C@@H]1CCCN1C(=O)[C@H](CC(=O)O)NC(=O)CNC(=O)[C@H](CO)NC(=O)[C@H](C)N)C(=O)N[C@@H](CCCN=C(N)N)C(=O)N[C@@H](Cc1ccccc1)C(N)=O. The number of likely N-dealkylation sites (tertiary alicyclic amines) is 1. The first kappa shape index (κ1) is 65.6. The number of aliphatic imine (C=N–C) groups is 1. The van der Waals surface area contributed by atoms with E-state index in [2.05, 4.69) is 47.5 Å². The predicted octanol–water partition coefficient (Wildman–Crippen LogP) is -5.75. The molecule has 0 aromatic heterocycles. The van der Waals surface area contributed by atoms with Gasteiger partial charge in [0.15, 0.2) is 5.96 Å². The molecular weight excluding hydrogens is 1050 g/mol. The molecule has 0 aliphatic carbocycles. The first-order valence-electron chi connectivity index (χ1n) is 25.8. The third-order valence-corrected chi connectivity index (χ3v) is 12.3. The Hall–Kier alpha value is -8.73. The third kappa shape index (κ3) is 22.7. The van der Waals surface area contributed by atoms with Gasteiger partial charge in [-0.3, -0.25) is 62.5 Å². The molecule has 1 heterocycles. The summed E-state index contributed by atoms with van der Waals surface area (Å²) in [6.45, 7) is 3.09. The maximum Gasteiger partial charge on any atom is 0.305 e. The summed E-state index contributed by atoms with van der Waals surface area (Å²) in [6.07, 6.45) is -1.65. The van der Waals surface area contributed by atoms with Gasteiger partial charge >= 0.3 is 5.97 Å². The Bertz CT molecular complexity index is 2530. The molecule has 20 N–H and O–H groups in total. The largest absolute Gasteiger partial charge is 0.481 e. The maximum absolute atomic E-state index is 14.4. The van der Waals surface area contributed by atoms with Crippen LogP contribution in [0.2, 0.25) is 0 Å². The molecular formula is C51H75N15O14. The van der Waals surface area contributed by atoms with Crippen molar-refractivity contribution in [3.63, 3.8) is 0 Å². The summed E-state index contributed by atoms with van der Waals surface area (Å²) in [7, 11) is 0. The van der Waals surface area contributed by atoms with Crippen molar-refractivity contribution in [1.29, 1.82) is 0 Å². The second-order valence-electron chi connectivity index (χ2n) is 19.5. The quantitative estimate of drug-likeness (QED) is 0.0180. The summed E-state index contributed by atoms with van der Waals surface area (Å²) >= 11 is 0. The molecule has 29 heteroatoms. The van der Waals surface area contributed by atoms with E-state index in [4.69, 9.17) is 28.7 Å². The average Bonchev–Trinajstić information content (AvgIpc) is 3.94. The number of carbonyl (C=O) groups is 12. The normalized spacial score (nSPS) is 15.8. The molecule has 1 fully saturated rings. The van der Waals surface area contributed by atoms with Gasteiger partial charge in [-0.2, -0.15) is 0 Å². The highest BCUT2D eigenvalue weighted by atomic mass is 16.4. The summed E-state index contributed by atoms with van der Waals surface area (Å²) in [5.41, 5.74) is 28.9. The number of guanidine groups is 1. The number of hydrogen-bond acceptors (Lipinski definition) is 15. The van der Waals surface area contributed by atoms with E-state index in [1.165, 1.54) is 6.92 Å². The Morgan fingerprint density at radius 1 is 0.625 bits per heavy atom. The van der Waals surface area contributed by atoms with Gasteiger partial charge in [-0.1, -0.05) is 74.5 Å². The molecule has 2 aromatic rings. The lowest BCUT2D eigenvalue weighted by atomic mass is 9.99. The Balaban J connectivity index is 1.86. The number of carboxylic acid groups (broad SMARTS) is 1. The van der Waals surface area contributed by atoms with Gasteiger partial charge in [0.2, 0.25) is 65.0 Å². The first-order valence-corrected chi connectivity index (χ1v) is 25.8. The molecule has 29 nitrogen and oxygen atoms in total. The van der Waals surface area contributed by atoms with E-state index in [1.54, 1.807) is 74.5 Å². The number of hydrogen-bond donors (Lipinski definition) is 15. The van der Waals surface area contributed by atoms with Crippen LogP contribution in [0.4, 0.5) is 0 Å². The predicted molar refractivity (Wildman–Crippen MR) is 287 cm³/mol. The van der Waals surface area contributed by atoms with E-state index in [1.807, 2.05) is 0 Å². The highest BCUT2D eigenvalue weighted by molar-refractivity contribution is 6.00. The van der Waals surface area contributed by atoms with Gasteiger partial charge in [0.25, 0.3) is 0 Å². The molecule has 9 atom stereocenters. The second-order valence-corrected chi connectivity index (χ2v) is 19.5. The molecule has 80 heavy (non-hydrogen) atoms. The fraction of sp³-hybridized carbons (Fsp3) is 0.510. The topological polar surface area (TPSA) is 487 Å². The Kier molecular flexibility index (Phi) is 26.9. The zero-order valence-corrected chi connectivity index (χ0v) is 44.8. The number of benzene rings is 2. The number of rotatable bonds is 33. The highest BCUT2D eigenvalue weighted by Gasteiger charge is 2.41. The number of nitrogens with zero attached hydrogens (tertiary/aromatic N) is 2. The van der Waals surface area contributed by atoms with E-state index in [-0.39, 0.29) is 69.9 Å². The van der Waals surface area contributed by atoms with Crippen LogP contribution in [0, 0.1) is 5.92 Å². The minimum absolute atomic E-state index is 0.00929. The van der Waals surface area contributed by atoms with E-state index in [0.717, 1.165) is 4.90 Å². The van der Waals surface area contributed by atoms with Gasteiger partial charge < -0.3 is 86.3 Å². The van der Waals surface area contributed by atoms with Crippen molar-refractivity contribution >= 4 is 76.9 Å². The van der Waals surface area contributed by atoms with E-state index < -0.39 is 151 Å². The maximum atomic E-state index is 14.4. The van der Waals surface area contributed by atoms with Crippen LogP contribution < -0.4 is 71.2 Å². The molecule has 438 valence electrons. The van der Waals surface area contributed by atoms with Crippen molar-refractivity contribution in [3.8, 4) is 0 Å². The second kappa shape index (κ2) is 32.9. The lowest BCUT2D eigenvalue weighted by Crippen LogP contribution is -2.60. The van der Waals surface area contributed by atoms with Gasteiger partial charge in [0.1, 0.15) is 48.3 Å². The summed E-state index contributed by atoms with van der Waals surface area (Å²) < 4.78 is 0. The van der Waals surface area contributed by atoms with Crippen molar-refractivity contribution < 1.29 is 67.7 Å². The summed E-state index contributed by atoms with van der Waals surface area (Å²) in [4.78, 5) is 164. The molecule has 11 amide bonds. The molecule has 0 spiro atoms. The molecule has 3 rings (SSSR count). The van der Waals surface area contributed by atoms with Gasteiger partial charge in [-0.05, 0) is 56.1 Å². The average molecular weight is 1120 g/mol. The van der Waals surface area contributed by atoms with Gasteiger partial charge in [-0.15, -0.1) is 0 Å². The minimum Gasteiger partial charge on any atom is -0.481 e. The molecule has 0 bridgehead atoms. The molecule has 0 unspecified atom stereocenters. The fourth-order valence-electron chi connectivity index (χ4n) is 8.29. The lowest BCUT2D eigenvalue weighted by molar-refractivity contribution is -0.146. The van der Waals surface area contributed by atoms with E-state index in [0.29, 0.717) is 11.1 Å².